The number of amides is 2. The molecule has 188 valence electrons. The maximum atomic E-state index is 13.2. The van der Waals surface area contributed by atoms with Crippen LogP contribution in [0, 0.1) is 0 Å². The van der Waals surface area contributed by atoms with Crippen molar-refractivity contribution < 1.29 is 23.5 Å². The fourth-order valence-electron chi connectivity index (χ4n) is 3.34. The van der Waals surface area contributed by atoms with Crippen LogP contribution in [0.1, 0.15) is 16.8 Å². The standard InChI is InChI=1S/C25H23Cl2FN4O4/c1-14(28)25(34)31-18-8-6-5-7-15(18)9-16-10-21(30-13-29-16)32(2)22(33)11-17-23(26)19(35-3)12-20(36-4)24(17)27/h5-8,10,12-13H,1,9,11H2,2-4H3,(H,31,34). The van der Waals surface area contributed by atoms with Crippen molar-refractivity contribution in [3.63, 3.8) is 0 Å². The van der Waals surface area contributed by atoms with Gasteiger partial charge in [-0.1, -0.05) is 48.0 Å². The zero-order chi connectivity index (χ0) is 26.4. The average Bonchev–Trinajstić information content (AvgIpc) is 2.87. The number of para-hydroxylation sites is 1. The van der Waals surface area contributed by atoms with E-state index in [1.807, 2.05) is 0 Å². The summed E-state index contributed by atoms with van der Waals surface area (Å²) in [5.74, 6) is -1.37. The van der Waals surface area contributed by atoms with E-state index in [-0.39, 0.29) is 28.8 Å². The van der Waals surface area contributed by atoms with Gasteiger partial charge < -0.3 is 14.8 Å². The van der Waals surface area contributed by atoms with Crippen LogP contribution in [0.2, 0.25) is 10.0 Å². The molecule has 1 N–H and O–H groups in total. The molecule has 0 aliphatic heterocycles. The largest absolute Gasteiger partial charge is 0.495 e. The monoisotopic (exact) mass is 532 g/mol. The third kappa shape index (κ3) is 6.10. The summed E-state index contributed by atoms with van der Waals surface area (Å²) in [5.41, 5.74) is 2.04. The molecule has 0 spiro atoms. The second kappa shape index (κ2) is 11.8. The molecular formula is C25H23Cl2FN4O4. The lowest BCUT2D eigenvalue weighted by Gasteiger charge is -2.19. The first kappa shape index (κ1) is 26.9. The normalized spacial score (nSPS) is 10.5. The lowest BCUT2D eigenvalue weighted by Crippen LogP contribution is -2.29. The van der Waals surface area contributed by atoms with E-state index in [1.54, 1.807) is 43.4 Å². The number of nitrogens with zero attached hydrogens (tertiary/aromatic N) is 3. The van der Waals surface area contributed by atoms with Gasteiger partial charge in [0.25, 0.3) is 5.91 Å². The molecule has 2 amide bonds. The number of likely N-dealkylation sites (N-methyl/N-ethyl adjacent to an activating group) is 1. The van der Waals surface area contributed by atoms with Crippen LogP contribution in [0.15, 0.2) is 55.1 Å². The van der Waals surface area contributed by atoms with Crippen LogP contribution in [-0.2, 0) is 22.4 Å². The summed E-state index contributed by atoms with van der Waals surface area (Å²) < 4.78 is 23.7. The van der Waals surface area contributed by atoms with E-state index in [9.17, 15) is 14.0 Å². The molecule has 0 fully saturated rings. The summed E-state index contributed by atoms with van der Waals surface area (Å²) in [5, 5.41) is 2.90. The van der Waals surface area contributed by atoms with E-state index in [2.05, 4.69) is 21.9 Å². The molecule has 0 saturated heterocycles. The first-order chi connectivity index (χ1) is 17.2. The number of anilines is 2. The topological polar surface area (TPSA) is 93.7 Å². The summed E-state index contributed by atoms with van der Waals surface area (Å²) in [7, 11) is 4.47. The smallest absolute Gasteiger partial charge is 0.283 e. The van der Waals surface area contributed by atoms with Crippen molar-refractivity contribution in [3.05, 3.63) is 82.0 Å². The number of hydrogen-bond acceptors (Lipinski definition) is 6. The summed E-state index contributed by atoms with van der Waals surface area (Å²) >= 11 is 12.8. The number of carbonyl (C=O) groups excluding carboxylic acids is 2. The fourth-order valence-corrected chi connectivity index (χ4v) is 3.97. The molecule has 0 radical (unpaired) electrons. The highest BCUT2D eigenvalue weighted by atomic mass is 35.5. The van der Waals surface area contributed by atoms with Crippen LogP contribution < -0.4 is 19.7 Å². The van der Waals surface area contributed by atoms with Crippen LogP contribution in [-0.4, -0.2) is 43.0 Å². The van der Waals surface area contributed by atoms with Crippen LogP contribution in [0.5, 0.6) is 11.5 Å². The Bertz CT molecular complexity index is 1290. The molecule has 1 heterocycles. The zero-order valence-corrected chi connectivity index (χ0v) is 21.3. The molecule has 0 saturated carbocycles. The zero-order valence-electron chi connectivity index (χ0n) is 19.8. The van der Waals surface area contributed by atoms with Crippen LogP contribution >= 0.6 is 23.2 Å². The number of carbonyl (C=O) groups is 2. The highest BCUT2D eigenvalue weighted by Gasteiger charge is 2.22. The predicted molar refractivity (Wildman–Crippen MR) is 137 cm³/mol. The SMILES string of the molecule is C=C(F)C(=O)Nc1ccccc1Cc1cc(N(C)C(=O)Cc2c(Cl)c(OC)cc(OC)c2Cl)ncn1. The summed E-state index contributed by atoms with van der Waals surface area (Å²) in [6.07, 6.45) is 1.48. The Balaban J connectivity index is 1.83. The van der Waals surface area contributed by atoms with Gasteiger partial charge >= 0.3 is 0 Å². The van der Waals surface area contributed by atoms with Gasteiger partial charge in [0.15, 0.2) is 5.83 Å². The van der Waals surface area contributed by atoms with Crippen molar-refractivity contribution in [2.75, 3.05) is 31.5 Å². The van der Waals surface area contributed by atoms with Gasteiger partial charge in [-0.05, 0) is 11.6 Å². The molecule has 0 aliphatic carbocycles. The molecule has 11 heteroatoms. The summed E-state index contributed by atoms with van der Waals surface area (Å²) in [6, 6.07) is 10.1. The minimum atomic E-state index is -1.09. The molecule has 0 aliphatic rings. The second-order valence-electron chi connectivity index (χ2n) is 7.58. The first-order valence-electron chi connectivity index (χ1n) is 10.6. The Morgan fingerprint density at radius 1 is 1.08 bits per heavy atom. The van der Waals surface area contributed by atoms with Gasteiger partial charge in [0, 0.05) is 36.9 Å². The lowest BCUT2D eigenvalue weighted by molar-refractivity contribution is -0.117. The minimum Gasteiger partial charge on any atom is -0.495 e. The number of rotatable bonds is 9. The molecule has 36 heavy (non-hydrogen) atoms. The number of benzene rings is 2. The maximum absolute atomic E-state index is 13.2. The van der Waals surface area contributed by atoms with Crippen LogP contribution in [0.4, 0.5) is 15.9 Å². The van der Waals surface area contributed by atoms with Gasteiger partial charge in [0.2, 0.25) is 5.91 Å². The molecule has 0 unspecified atom stereocenters. The lowest BCUT2D eigenvalue weighted by atomic mass is 10.1. The van der Waals surface area contributed by atoms with Gasteiger partial charge in [-0.15, -0.1) is 0 Å². The van der Waals surface area contributed by atoms with Crippen molar-refractivity contribution in [1.82, 2.24) is 9.97 Å². The number of ether oxygens (including phenoxy) is 2. The molecule has 3 rings (SSSR count). The molecule has 8 nitrogen and oxygen atoms in total. The maximum Gasteiger partial charge on any atom is 0.283 e. The predicted octanol–water partition coefficient (Wildman–Crippen LogP) is 5.02. The van der Waals surface area contributed by atoms with Crippen molar-refractivity contribution in [1.29, 1.82) is 0 Å². The van der Waals surface area contributed by atoms with E-state index in [0.29, 0.717) is 39.8 Å². The van der Waals surface area contributed by atoms with E-state index >= 15 is 0 Å². The van der Waals surface area contributed by atoms with Crippen molar-refractivity contribution >= 4 is 46.5 Å². The number of aromatic nitrogens is 2. The van der Waals surface area contributed by atoms with Gasteiger partial charge in [-0.25, -0.2) is 14.4 Å². The fraction of sp³-hybridized carbons (Fsp3) is 0.200. The third-order valence-corrected chi connectivity index (χ3v) is 6.13. The Labute approximate surface area is 217 Å². The third-order valence-electron chi connectivity index (χ3n) is 5.30. The molecular weight excluding hydrogens is 510 g/mol. The Morgan fingerprint density at radius 3 is 2.33 bits per heavy atom. The van der Waals surface area contributed by atoms with E-state index < -0.39 is 11.7 Å². The number of nitrogens with one attached hydrogen (secondary N) is 1. The highest BCUT2D eigenvalue weighted by molar-refractivity contribution is 6.38. The Morgan fingerprint density at radius 2 is 1.72 bits per heavy atom. The van der Waals surface area contributed by atoms with Crippen molar-refractivity contribution in [3.8, 4) is 11.5 Å². The molecule has 1 aromatic heterocycles. The van der Waals surface area contributed by atoms with Crippen molar-refractivity contribution in [2.45, 2.75) is 12.8 Å². The highest BCUT2D eigenvalue weighted by Crippen LogP contribution is 2.40. The van der Waals surface area contributed by atoms with Gasteiger partial charge in [-0.2, -0.15) is 0 Å². The number of methoxy groups -OCH3 is 2. The van der Waals surface area contributed by atoms with Gasteiger partial charge in [0.05, 0.1) is 36.4 Å². The Hall–Kier alpha value is -3.69. The summed E-state index contributed by atoms with van der Waals surface area (Å²) in [4.78, 5) is 34.6. The van der Waals surface area contributed by atoms with Crippen LogP contribution in [0.25, 0.3) is 0 Å². The molecule has 0 atom stereocenters. The van der Waals surface area contributed by atoms with Crippen LogP contribution in [0.3, 0.4) is 0 Å². The second-order valence-corrected chi connectivity index (χ2v) is 8.33. The van der Waals surface area contributed by atoms with E-state index in [1.165, 1.54) is 25.4 Å². The van der Waals surface area contributed by atoms with Crippen molar-refractivity contribution in [2.24, 2.45) is 0 Å². The molecule has 3 aromatic rings. The minimum absolute atomic E-state index is 0.136. The molecule has 0 bridgehead atoms. The number of halogens is 3. The summed E-state index contributed by atoms with van der Waals surface area (Å²) in [6.45, 7) is 3.01. The van der Waals surface area contributed by atoms with E-state index in [4.69, 9.17) is 32.7 Å². The molecule has 2 aromatic carbocycles. The number of hydrogen-bond donors (Lipinski definition) is 1. The quantitative estimate of drug-likeness (QED) is 0.389. The van der Waals surface area contributed by atoms with Gasteiger partial charge in [-0.3, -0.25) is 14.5 Å². The average molecular weight is 533 g/mol. The Kier molecular flexibility index (Phi) is 8.84. The first-order valence-corrected chi connectivity index (χ1v) is 11.3. The van der Waals surface area contributed by atoms with Gasteiger partial charge in [0.1, 0.15) is 23.6 Å². The van der Waals surface area contributed by atoms with E-state index in [0.717, 1.165) is 0 Å².